The summed E-state index contributed by atoms with van der Waals surface area (Å²) in [5.41, 5.74) is 5.93. The minimum Gasteiger partial charge on any atom is -0.375 e. The summed E-state index contributed by atoms with van der Waals surface area (Å²) in [6, 6.07) is 15.6. The number of aromatic amines is 1. The fraction of sp³-hybridized carbons (Fsp3) is 0.261. The molecule has 0 saturated carbocycles. The molecule has 1 fully saturated rings. The molecule has 1 amide bonds. The summed E-state index contributed by atoms with van der Waals surface area (Å²) in [5.74, 6) is -0.194. The van der Waals surface area contributed by atoms with Crippen molar-refractivity contribution in [2.45, 2.75) is 25.9 Å². The van der Waals surface area contributed by atoms with Crippen molar-refractivity contribution in [3.8, 4) is 0 Å². The first-order chi connectivity index (χ1) is 15.0. The van der Waals surface area contributed by atoms with Gasteiger partial charge >= 0.3 is 0 Å². The standard InChI is InChI=1S/C23H25N5O2S/c1-14-12-18(15(2)25-14)22-21(19-6-4-5-11-24-19)27-23(31)28(22)17-9-7-16(8-10-17)26-20(29)13-30-3/h4-12,21-22,25H,13H2,1-3H3,(H,26,29)(H,27,31)/t21-,22-/m1/s1. The van der Waals surface area contributed by atoms with Gasteiger partial charge in [-0.1, -0.05) is 6.07 Å². The van der Waals surface area contributed by atoms with E-state index in [0.717, 1.165) is 28.3 Å². The molecule has 0 bridgehead atoms. The Hall–Kier alpha value is -3.23. The lowest BCUT2D eigenvalue weighted by molar-refractivity contribution is -0.119. The molecule has 3 N–H and O–H groups in total. The molecule has 31 heavy (non-hydrogen) atoms. The van der Waals surface area contributed by atoms with Gasteiger partial charge in [-0.25, -0.2) is 0 Å². The monoisotopic (exact) mass is 435 g/mol. The van der Waals surface area contributed by atoms with E-state index in [9.17, 15) is 4.79 Å². The Morgan fingerprint density at radius 3 is 2.61 bits per heavy atom. The highest BCUT2D eigenvalue weighted by atomic mass is 32.1. The average Bonchev–Trinajstić information content (AvgIpc) is 3.27. The van der Waals surface area contributed by atoms with Crippen molar-refractivity contribution >= 4 is 34.6 Å². The second-order valence-corrected chi connectivity index (χ2v) is 7.94. The number of pyridine rings is 1. The van der Waals surface area contributed by atoms with Gasteiger partial charge in [0.15, 0.2) is 5.11 Å². The Kier molecular flexibility index (Phi) is 6.01. The maximum absolute atomic E-state index is 11.8. The smallest absolute Gasteiger partial charge is 0.250 e. The number of anilines is 2. The van der Waals surface area contributed by atoms with E-state index in [1.54, 1.807) is 6.20 Å². The second kappa shape index (κ2) is 8.87. The molecular formula is C23H25N5O2S. The van der Waals surface area contributed by atoms with Crippen molar-refractivity contribution in [2.75, 3.05) is 23.9 Å². The number of hydrogen-bond acceptors (Lipinski definition) is 4. The number of methoxy groups -OCH3 is 1. The first-order valence-electron chi connectivity index (χ1n) is 10.0. The molecule has 1 saturated heterocycles. The van der Waals surface area contributed by atoms with Gasteiger partial charge in [-0.15, -0.1) is 0 Å². The minimum atomic E-state index is -0.194. The van der Waals surface area contributed by atoms with Crippen LogP contribution in [-0.4, -0.2) is 34.7 Å². The van der Waals surface area contributed by atoms with Gasteiger partial charge in [0.05, 0.1) is 17.8 Å². The summed E-state index contributed by atoms with van der Waals surface area (Å²) >= 11 is 5.75. The number of benzene rings is 1. The Bertz CT molecular complexity index is 1080. The molecule has 4 rings (SSSR count). The van der Waals surface area contributed by atoms with E-state index in [2.05, 4.69) is 45.4 Å². The van der Waals surface area contributed by atoms with Crippen LogP contribution in [0.5, 0.6) is 0 Å². The molecule has 160 valence electrons. The van der Waals surface area contributed by atoms with Gasteiger partial charge in [0.2, 0.25) is 5.91 Å². The SMILES string of the molecule is COCC(=O)Nc1ccc(N2C(=S)N[C@H](c3ccccn3)[C@H]2c2cc(C)[nH]c2C)cc1. The summed E-state index contributed by atoms with van der Waals surface area (Å²) in [6.07, 6.45) is 1.80. The number of aryl methyl sites for hydroxylation is 2. The lowest BCUT2D eigenvalue weighted by Gasteiger charge is -2.28. The maximum atomic E-state index is 11.8. The number of H-pyrrole nitrogens is 1. The zero-order valence-corrected chi connectivity index (χ0v) is 18.5. The zero-order valence-electron chi connectivity index (χ0n) is 17.7. The third kappa shape index (κ3) is 4.30. The van der Waals surface area contributed by atoms with E-state index >= 15 is 0 Å². The van der Waals surface area contributed by atoms with Crippen molar-refractivity contribution in [2.24, 2.45) is 0 Å². The van der Waals surface area contributed by atoms with Crippen LogP contribution < -0.4 is 15.5 Å². The van der Waals surface area contributed by atoms with Gasteiger partial charge in [-0.2, -0.15) is 0 Å². The van der Waals surface area contributed by atoms with Crippen LogP contribution in [0, 0.1) is 13.8 Å². The van der Waals surface area contributed by atoms with Crippen LogP contribution in [0.15, 0.2) is 54.7 Å². The minimum absolute atomic E-state index is 0.0157. The lowest BCUT2D eigenvalue weighted by Crippen LogP contribution is -2.29. The summed E-state index contributed by atoms with van der Waals surface area (Å²) in [4.78, 5) is 21.9. The molecule has 1 aromatic carbocycles. The molecule has 2 aromatic heterocycles. The van der Waals surface area contributed by atoms with Crippen molar-refractivity contribution in [1.29, 1.82) is 0 Å². The zero-order chi connectivity index (χ0) is 22.0. The van der Waals surface area contributed by atoms with E-state index in [1.807, 2.05) is 42.5 Å². The lowest BCUT2D eigenvalue weighted by atomic mass is 9.96. The molecule has 1 aliphatic rings. The highest BCUT2D eigenvalue weighted by molar-refractivity contribution is 7.80. The highest BCUT2D eigenvalue weighted by Gasteiger charge is 2.41. The molecule has 0 unspecified atom stereocenters. The number of aromatic nitrogens is 2. The predicted molar refractivity (Wildman–Crippen MR) is 125 cm³/mol. The van der Waals surface area contributed by atoms with E-state index in [4.69, 9.17) is 17.0 Å². The number of carbonyl (C=O) groups excluding carboxylic acids is 1. The number of thiocarbonyl (C=S) groups is 1. The summed E-state index contributed by atoms with van der Waals surface area (Å²) in [6.45, 7) is 4.14. The second-order valence-electron chi connectivity index (χ2n) is 7.56. The number of nitrogens with zero attached hydrogens (tertiary/aromatic N) is 2. The number of hydrogen-bond donors (Lipinski definition) is 3. The van der Waals surface area contributed by atoms with E-state index < -0.39 is 0 Å². The van der Waals surface area contributed by atoms with Crippen LogP contribution in [0.1, 0.15) is 34.7 Å². The van der Waals surface area contributed by atoms with Crippen molar-refractivity contribution in [1.82, 2.24) is 15.3 Å². The molecule has 3 heterocycles. The van der Waals surface area contributed by atoms with Gasteiger partial charge in [0, 0.05) is 36.1 Å². The van der Waals surface area contributed by atoms with Gasteiger partial charge < -0.3 is 25.3 Å². The Morgan fingerprint density at radius 1 is 1.23 bits per heavy atom. The largest absolute Gasteiger partial charge is 0.375 e. The van der Waals surface area contributed by atoms with Crippen LogP contribution in [-0.2, 0) is 9.53 Å². The Morgan fingerprint density at radius 2 is 2.00 bits per heavy atom. The van der Waals surface area contributed by atoms with E-state index in [-0.39, 0.29) is 24.6 Å². The average molecular weight is 436 g/mol. The quantitative estimate of drug-likeness (QED) is 0.511. The number of nitrogens with one attached hydrogen (secondary N) is 3. The third-order valence-corrected chi connectivity index (χ3v) is 5.63. The topological polar surface area (TPSA) is 82.3 Å². The van der Waals surface area contributed by atoms with Crippen molar-refractivity contribution in [3.05, 3.63) is 77.4 Å². The molecule has 7 nitrogen and oxygen atoms in total. The molecule has 3 aromatic rings. The van der Waals surface area contributed by atoms with E-state index in [0.29, 0.717) is 10.8 Å². The van der Waals surface area contributed by atoms with Gasteiger partial charge in [-0.3, -0.25) is 9.78 Å². The van der Waals surface area contributed by atoms with Crippen LogP contribution >= 0.6 is 12.2 Å². The highest BCUT2D eigenvalue weighted by Crippen LogP contribution is 2.42. The first kappa shape index (κ1) is 21.0. The summed E-state index contributed by atoms with van der Waals surface area (Å²) in [7, 11) is 1.49. The van der Waals surface area contributed by atoms with Crippen molar-refractivity contribution in [3.63, 3.8) is 0 Å². The number of carbonyl (C=O) groups is 1. The van der Waals surface area contributed by atoms with Gasteiger partial charge in [-0.05, 0) is 74.1 Å². The fourth-order valence-electron chi connectivity index (χ4n) is 4.04. The predicted octanol–water partition coefficient (Wildman–Crippen LogP) is 3.79. The van der Waals surface area contributed by atoms with E-state index in [1.165, 1.54) is 7.11 Å². The van der Waals surface area contributed by atoms with Crippen LogP contribution in [0.2, 0.25) is 0 Å². The Labute approximate surface area is 186 Å². The molecule has 0 spiro atoms. The fourth-order valence-corrected chi connectivity index (χ4v) is 4.38. The maximum Gasteiger partial charge on any atom is 0.250 e. The van der Waals surface area contributed by atoms with Crippen LogP contribution in [0.25, 0.3) is 0 Å². The Balaban J connectivity index is 1.70. The first-order valence-corrected chi connectivity index (χ1v) is 10.4. The molecular weight excluding hydrogens is 410 g/mol. The molecule has 1 aliphatic heterocycles. The molecule has 8 heteroatoms. The number of ether oxygens (including phenoxy) is 1. The van der Waals surface area contributed by atoms with Gasteiger partial charge in [0.1, 0.15) is 6.61 Å². The van der Waals surface area contributed by atoms with Crippen LogP contribution in [0.4, 0.5) is 11.4 Å². The third-order valence-electron chi connectivity index (χ3n) is 5.31. The van der Waals surface area contributed by atoms with Gasteiger partial charge in [0.25, 0.3) is 0 Å². The number of rotatable bonds is 6. The summed E-state index contributed by atoms with van der Waals surface area (Å²) < 4.78 is 4.87. The van der Waals surface area contributed by atoms with Crippen molar-refractivity contribution < 1.29 is 9.53 Å². The van der Waals surface area contributed by atoms with Crippen LogP contribution in [0.3, 0.4) is 0 Å². The molecule has 0 aliphatic carbocycles. The number of amides is 1. The summed E-state index contributed by atoms with van der Waals surface area (Å²) in [5, 5.41) is 6.91. The molecule has 0 radical (unpaired) electrons. The molecule has 2 atom stereocenters. The normalized spacial score (nSPS) is 18.2.